The summed E-state index contributed by atoms with van der Waals surface area (Å²) in [6.07, 6.45) is 0. The van der Waals surface area contributed by atoms with Crippen LogP contribution in [0.5, 0.6) is 0 Å². The van der Waals surface area contributed by atoms with Crippen molar-refractivity contribution in [3.63, 3.8) is 0 Å². The Bertz CT molecular complexity index is 914. The number of anilines is 1. The summed E-state index contributed by atoms with van der Waals surface area (Å²) in [5.74, 6) is -0.612. The van der Waals surface area contributed by atoms with Gasteiger partial charge in [0.15, 0.2) is 0 Å². The van der Waals surface area contributed by atoms with Gasteiger partial charge in [0.1, 0.15) is 0 Å². The van der Waals surface area contributed by atoms with Gasteiger partial charge in [0.2, 0.25) is 10.2 Å². The monoisotopic (exact) mass is 388 g/mol. The van der Waals surface area contributed by atoms with E-state index in [1.807, 2.05) is 30.3 Å². The van der Waals surface area contributed by atoms with Crippen LogP contribution in [0.15, 0.2) is 64.9 Å². The molecule has 0 atom stereocenters. The number of hydrogen-bond acceptors (Lipinski definition) is 8. The quantitative estimate of drug-likeness (QED) is 0.241. The Morgan fingerprint density at radius 3 is 2.62 bits per heavy atom. The van der Waals surface area contributed by atoms with Crippen LogP contribution in [0.25, 0.3) is 5.69 Å². The van der Waals surface area contributed by atoms with Gasteiger partial charge < -0.3 is 4.74 Å². The van der Waals surface area contributed by atoms with E-state index >= 15 is 0 Å². The third-order valence-corrected chi connectivity index (χ3v) is 4.26. The summed E-state index contributed by atoms with van der Waals surface area (Å²) >= 11 is 6.84. The maximum atomic E-state index is 12.0. The lowest BCUT2D eigenvalue weighted by Crippen LogP contribution is -2.15. The molecule has 10 heteroatoms. The summed E-state index contributed by atoms with van der Waals surface area (Å²) in [5.41, 5.74) is 4.21. The van der Waals surface area contributed by atoms with Gasteiger partial charge >= 0.3 is 5.97 Å². The van der Waals surface area contributed by atoms with Gasteiger partial charge in [-0.15, -0.1) is 5.10 Å². The number of carbonyl (C=O) groups is 1. The number of tetrazole rings is 1. The molecule has 2 aromatic carbocycles. The number of nitrogens with one attached hydrogen (secondary N) is 1. The molecule has 0 saturated heterocycles. The second kappa shape index (κ2) is 8.45. The molecule has 0 radical (unpaired) electrons. The van der Waals surface area contributed by atoms with Gasteiger partial charge in [0.25, 0.3) is 0 Å². The van der Waals surface area contributed by atoms with E-state index in [0.717, 1.165) is 17.4 Å². The Morgan fingerprint density at radius 1 is 1.19 bits per heavy atom. The summed E-state index contributed by atoms with van der Waals surface area (Å²) in [4.78, 5) is 12.0. The zero-order valence-corrected chi connectivity index (χ0v) is 15.1. The van der Waals surface area contributed by atoms with Gasteiger partial charge in [0.05, 0.1) is 18.5 Å². The number of halogens is 1. The number of aromatic nitrogens is 4. The molecule has 1 heterocycles. The van der Waals surface area contributed by atoms with Gasteiger partial charge in [0, 0.05) is 5.02 Å². The van der Waals surface area contributed by atoms with Crippen molar-refractivity contribution in [2.45, 2.75) is 5.16 Å². The molecule has 0 spiro atoms. The van der Waals surface area contributed by atoms with Crippen molar-refractivity contribution >= 4 is 40.1 Å². The molecule has 0 aliphatic heterocycles. The first-order valence-corrected chi connectivity index (χ1v) is 8.56. The molecule has 26 heavy (non-hydrogen) atoms. The zero-order valence-electron chi connectivity index (χ0n) is 13.5. The van der Waals surface area contributed by atoms with E-state index < -0.39 is 5.97 Å². The van der Waals surface area contributed by atoms with E-state index in [1.54, 1.807) is 24.3 Å². The standard InChI is InChI=1S/C16H13ClN6O2S/c1-25-15(24)14(19-18-12-9-7-11(17)8-10-12)26-16-20-21-22-23(16)13-5-3-2-4-6-13/h2-10,18H,1H3/b19-14-. The van der Waals surface area contributed by atoms with Crippen LogP contribution in [-0.4, -0.2) is 38.3 Å². The van der Waals surface area contributed by atoms with Crippen molar-refractivity contribution in [2.24, 2.45) is 5.10 Å². The fourth-order valence-electron chi connectivity index (χ4n) is 1.90. The molecule has 1 aromatic heterocycles. The van der Waals surface area contributed by atoms with E-state index in [9.17, 15) is 4.79 Å². The highest BCUT2D eigenvalue weighted by molar-refractivity contribution is 8.15. The SMILES string of the molecule is COC(=O)/C(=N/Nc1ccc(Cl)cc1)Sc1nnnn1-c1ccccc1. The van der Waals surface area contributed by atoms with Crippen molar-refractivity contribution in [2.75, 3.05) is 12.5 Å². The molecule has 0 fully saturated rings. The summed E-state index contributed by atoms with van der Waals surface area (Å²) in [6.45, 7) is 0. The maximum absolute atomic E-state index is 12.0. The largest absolute Gasteiger partial charge is 0.464 e. The zero-order chi connectivity index (χ0) is 18.4. The lowest BCUT2D eigenvalue weighted by Gasteiger charge is -2.06. The molecule has 0 aliphatic rings. The third-order valence-electron chi connectivity index (χ3n) is 3.12. The van der Waals surface area contributed by atoms with Crippen molar-refractivity contribution in [3.8, 4) is 5.69 Å². The molecule has 3 rings (SSSR count). The van der Waals surface area contributed by atoms with Gasteiger partial charge in [-0.3, -0.25) is 5.43 Å². The van der Waals surface area contributed by atoms with Crippen LogP contribution < -0.4 is 5.43 Å². The Morgan fingerprint density at radius 2 is 1.92 bits per heavy atom. The van der Waals surface area contributed by atoms with Crippen LogP contribution in [0, 0.1) is 0 Å². The number of thioether (sulfide) groups is 1. The number of hydrogen-bond donors (Lipinski definition) is 1. The number of hydrazone groups is 1. The predicted molar refractivity (Wildman–Crippen MR) is 99.5 cm³/mol. The summed E-state index contributed by atoms with van der Waals surface area (Å²) < 4.78 is 6.29. The number of ether oxygens (including phenoxy) is 1. The number of esters is 1. The highest BCUT2D eigenvalue weighted by Crippen LogP contribution is 2.21. The topological polar surface area (TPSA) is 94.3 Å². The lowest BCUT2D eigenvalue weighted by molar-refractivity contribution is -0.132. The molecule has 0 aliphatic carbocycles. The second-order valence-electron chi connectivity index (χ2n) is 4.84. The smallest absolute Gasteiger partial charge is 0.365 e. The van der Waals surface area contributed by atoms with Gasteiger partial charge in [-0.1, -0.05) is 29.8 Å². The second-order valence-corrected chi connectivity index (χ2v) is 6.23. The van der Waals surface area contributed by atoms with Crippen LogP contribution >= 0.6 is 23.4 Å². The van der Waals surface area contributed by atoms with Crippen molar-refractivity contribution in [1.82, 2.24) is 20.2 Å². The number of methoxy groups -OCH3 is 1. The summed E-state index contributed by atoms with van der Waals surface area (Å²) in [7, 11) is 1.28. The van der Waals surface area contributed by atoms with E-state index in [-0.39, 0.29) is 5.04 Å². The van der Waals surface area contributed by atoms with E-state index in [1.165, 1.54) is 11.8 Å². The number of benzene rings is 2. The van der Waals surface area contributed by atoms with Crippen LogP contribution in [0.4, 0.5) is 5.69 Å². The fourth-order valence-corrected chi connectivity index (χ4v) is 2.76. The molecule has 0 bridgehead atoms. The van der Waals surface area contributed by atoms with Crippen molar-refractivity contribution in [1.29, 1.82) is 0 Å². The highest BCUT2D eigenvalue weighted by Gasteiger charge is 2.19. The average Bonchev–Trinajstić information content (AvgIpc) is 3.14. The first-order valence-electron chi connectivity index (χ1n) is 7.36. The Kier molecular flexibility index (Phi) is 5.82. The summed E-state index contributed by atoms with van der Waals surface area (Å²) in [6, 6.07) is 16.2. The fraction of sp³-hybridized carbons (Fsp3) is 0.0625. The molecule has 0 unspecified atom stereocenters. The average molecular weight is 389 g/mol. The van der Waals surface area contributed by atoms with Crippen molar-refractivity contribution < 1.29 is 9.53 Å². The number of carbonyl (C=O) groups excluding carboxylic acids is 1. The van der Waals surface area contributed by atoms with Crippen LogP contribution in [0.2, 0.25) is 5.02 Å². The van der Waals surface area contributed by atoms with E-state index in [4.69, 9.17) is 16.3 Å². The highest BCUT2D eigenvalue weighted by atomic mass is 35.5. The van der Waals surface area contributed by atoms with Crippen LogP contribution in [-0.2, 0) is 9.53 Å². The Balaban J connectivity index is 1.84. The summed E-state index contributed by atoms with van der Waals surface area (Å²) in [5, 5.41) is 16.7. The molecule has 1 N–H and O–H groups in total. The maximum Gasteiger partial charge on any atom is 0.365 e. The van der Waals surface area contributed by atoms with Crippen LogP contribution in [0.1, 0.15) is 0 Å². The van der Waals surface area contributed by atoms with Gasteiger partial charge in [-0.05, 0) is 58.6 Å². The Labute approximate surface area is 158 Å². The molecule has 132 valence electrons. The molecular formula is C16H13ClN6O2S. The molecular weight excluding hydrogens is 376 g/mol. The normalized spacial score (nSPS) is 11.2. The number of para-hydroxylation sites is 1. The first-order chi connectivity index (χ1) is 12.7. The minimum absolute atomic E-state index is 0.0504. The van der Waals surface area contributed by atoms with Crippen molar-refractivity contribution in [3.05, 3.63) is 59.6 Å². The minimum atomic E-state index is -0.612. The molecule has 3 aromatic rings. The number of rotatable bonds is 4. The molecule has 0 saturated carbocycles. The molecule has 8 nitrogen and oxygen atoms in total. The predicted octanol–water partition coefficient (Wildman–Crippen LogP) is 3.01. The number of nitrogens with zero attached hydrogens (tertiary/aromatic N) is 5. The van der Waals surface area contributed by atoms with E-state index in [0.29, 0.717) is 15.9 Å². The molecule has 0 amide bonds. The van der Waals surface area contributed by atoms with Gasteiger partial charge in [-0.2, -0.15) is 9.78 Å². The first kappa shape index (κ1) is 17.9. The van der Waals surface area contributed by atoms with Crippen LogP contribution in [0.3, 0.4) is 0 Å². The Hall–Kier alpha value is -2.91. The minimum Gasteiger partial charge on any atom is -0.464 e. The van der Waals surface area contributed by atoms with Gasteiger partial charge in [-0.25, -0.2) is 4.79 Å². The third kappa shape index (κ3) is 4.38. The lowest BCUT2D eigenvalue weighted by atomic mass is 10.3. The van der Waals surface area contributed by atoms with E-state index in [2.05, 4.69) is 26.1 Å².